The van der Waals surface area contributed by atoms with Crippen molar-refractivity contribution in [2.45, 2.75) is 6.42 Å². The van der Waals surface area contributed by atoms with Crippen molar-refractivity contribution in [1.29, 1.82) is 0 Å². The molecule has 3 heteroatoms. The number of alkyl halides is 1. The monoisotopic (exact) mass is 187 g/mol. The lowest BCUT2D eigenvalue weighted by molar-refractivity contribution is 0.186. The number of hydrogen-bond donors (Lipinski definition) is 0. The zero-order chi connectivity index (χ0) is 8.81. The molecular formula is C9H12ClO2. The quantitative estimate of drug-likeness (QED) is 0.629. The summed E-state index contributed by atoms with van der Waals surface area (Å²) in [7, 11) is 1.63. The second-order valence-electron chi connectivity index (χ2n) is 2.31. The van der Waals surface area contributed by atoms with Gasteiger partial charge >= 0.3 is 0 Å². The van der Waals surface area contributed by atoms with Crippen molar-refractivity contribution in [1.82, 2.24) is 0 Å². The normalized spacial score (nSPS) is 16.5. The third-order valence-corrected chi connectivity index (χ3v) is 1.66. The predicted octanol–water partition coefficient (Wildman–Crippen LogP) is 2.26. The molecule has 1 aliphatic rings. The standard InChI is InChI=1S/C9H12ClO2/c1-11-8-4-2-3-5-9(8)12-7-6-10/h2,4-5H,3,6-7H2,1H3. The van der Waals surface area contributed by atoms with Crippen molar-refractivity contribution in [3.05, 3.63) is 30.1 Å². The zero-order valence-corrected chi connectivity index (χ0v) is 7.80. The predicted molar refractivity (Wildman–Crippen MR) is 48.8 cm³/mol. The first-order valence-corrected chi connectivity index (χ1v) is 4.38. The Kier molecular flexibility index (Phi) is 4.01. The smallest absolute Gasteiger partial charge is 0.156 e. The highest BCUT2D eigenvalue weighted by Crippen LogP contribution is 2.19. The number of methoxy groups -OCH3 is 1. The van der Waals surface area contributed by atoms with Crippen LogP contribution in [0.3, 0.4) is 0 Å². The summed E-state index contributed by atoms with van der Waals surface area (Å²) in [6.07, 6.45) is 6.80. The van der Waals surface area contributed by atoms with Crippen molar-refractivity contribution in [2.75, 3.05) is 19.6 Å². The first-order chi connectivity index (χ1) is 5.88. The van der Waals surface area contributed by atoms with Crippen LogP contribution < -0.4 is 0 Å². The molecule has 0 N–H and O–H groups in total. The summed E-state index contributed by atoms with van der Waals surface area (Å²) >= 11 is 5.49. The minimum absolute atomic E-state index is 0.498. The molecule has 0 aromatic heterocycles. The Hall–Kier alpha value is -0.630. The Balaban J connectivity index is 2.49. The van der Waals surface area contributed by atoms with Crippen LogP contribution in [0.1, 0.15) is 6.42 Å². The fraction of sp³-hybridized carbons (Fsp3) is 0.444. The van der Waals surface area contributed by atoms with Gasteiger partial charge in [-0.25, -0.2) is 0 Å². The molecule has 67 valence electrons. The van der Waals surface area contributed by atoms with Gasteiger partial charge in [0.15, 0.2) is 11.5 Å². The molecule has 0 heterocycles. The van der Waals surface area contributed by atoms with Crippen LogP contribution in [0.4, 0.5) is 0 Å². The lowest BCUT2D eigenvalue weighted by Gasteiger charge is -2.14. The molecule has 0 saturated carbocycles. The van der Waals surface area contributed by atoms with Crippen LogP contribution in [-0.2, 0) is 9.47 Å². The minimum Gasteiger partial charge on any atom is -0.493 e. The zero-order valence-electron chi connectivity index (χ0n) is 7.05. The Bertz CT molecular complexity index is 197. The van der Waals surface area contributed by atoms with Crippen LogP contribution in [0, 0.1) is 6.42 Å². The van der Waals surface area contributed by atoms with E-state index in [4.69, 9.17) is 21.1 Å². The molecule has 0 atom stereocenters. The fourth-order valence-corrected chi connectivity index (χ4v) is 1.06. The van der Waals surface area contributed by atoms with E-state index in [9.17, 15) is 0 Å². The van der Waals surface area contributed by atoms with Crippen LogP contribution >= 0.6 is 11.6 Å². The van der Waals surface area contributed by atoms with Crippen LogP contribution in [0.2, 0.25) is 0 Å². The van der Waals surface area contributed by atoms with E-state index >= 15 is 0 Å². The van der Waals surface area contributed by atoms with Gasteiger partial charge in [0, 0.05) is 0 Å². The first-order valence-electron chi connectivity index (χ1n) is 3.85. The van der Waals surface area contributed by atoms with E-state index < -0.39 is 0 Å². The summed E-state index contributed by atoms with van der Waals surface area (Å²) in [5, 5.41) is 0. The topological polar surface area (TPSA) is 18.5 Å². The molecule has 0 bridgehead atoms. The van der Waals surface area contributed by atoms with Crippen molar-refractivity contribution >= 4 is 11.6 Å². The van der Waals surface area contributed by atoms with E-state index in [1.807, 2.05) is 18.6 Å². The van der Waals surface area contributed by atoms with E-state index in [2.05, 4.69) is 0 Å². The second-order valence-corrected chi connectivity index (χ2v) is 2.69. The molecule has 1 rings (SSSR count). The number of allylic oxidation sites excluding steroid dienone is 2. The van der Waals surface area contributed by atoms with Crippen molar-refractivity contribution in [3.8, 4) is 0 Å². The number of ether oxygens (including phenoxy) is 2. The summed E-state index contributed by atoms with van der Waals surface area (Å²) in [6, 6.07) is 0. The maximum absolute atomic E-state index is 5.49. The molecule has 1 radical (unpaired) electrons. The van der Waals surface area contributed by atoms with Gasteiger partial charge in [0.1, 0.15) is 6.61 Å². The van der Waals surface area contributed by atoms with E-state index in [0.29, 0.717) is 12.5 Å². The van der Waals surface area contributed by atoms with Crippen LogP contribution in [0.15, 0.2) is 23.7 Å². The highest BCUT2D eigenvalue weighted by atomic mass is 35.5. The molecule has 12 heavy (non-hydrogen) atoms. The molecule has 0 unspecified atom stereocenters. The van der Waals surface area contributed by atoms with Crippen LogP contribution in [0.25, 0.3) is 0 Å². The molecule has 0 fully saturated rings. The fourth-order valence-electron chi connectivity index (χ4n) is 0.980. The Morgan fingerprint density at radius 1 is 1.50 bits per heavy atom. The average molecular weight is 188 g/mol. The van der Waals surface area contributed by atoms with E-state index in [1.165, 1.54) is 0 Å². The van der Waals surface area contributed by atoms with Gasteiger partial charge in [0.25, 0.3) is 0 Å². The molecule has 0 amide bonds. The van der Waals surface area contributed by atoms with E-state index in [-0.39, 0.29) is 0 Å². The molecule has 0 aromatic rings. The van der Waals surface area contributed by atoms with Gasteiger partial charge in [-0.1, -0.05) is 0 Å². The van der Waals surface area contributed by atoms with Gasteiger partial charge in [-0.05, 0) is 25.0 Å². The highest BCUT2D eigenvalue weighted by molar-refractivity contribution is 6.17. The number of hydrogen-bond acceptors (Lipinski definition) is 2. The molecule has 1 aliphatic carbocycles. The summed E-state index contributed by atoms with van der Waals surface area (Å²) < 4.78 is 10.4. The largest absolute Gasteiger partial charge is 0.493 e. The summed E-state index contributed by atoms with van der Waals surface area (Å²) in [6.45, 7) is 0.522. The van der Waals surface area contributed by atoms with Gasteiger partial charge in [-0.15, -0.1) is 11.6 Å². The summed E-state index contributed by atoms with van der Waals surface area (Å²) in [5.41, 5.74) is 0. The molecule has 0 spiro atoms. The van der Waals surface area contributed by atoms with E-state index in [0.717, 1.165) is 17.9 Å². The average Bonchev–Trinajstić information content (AvgIpc) is 2.15. The van der Waals surface area contributed by atoms with Gasteiger partial charge in [0.05, 0.1) is 13.0 Å². The SMILES string of the molecule is COC1=C[CH]CC=C1OCCCl. The lowest BCUT2D eigenvalue weighted by Crippen LogP contribution is -2.03. The molecule has 0 aliphatic heterocycles. The van der Waals surface area contributed by atoms with Crippen LogP contribution in [0.5, 0.6) is 0 Å². The Labute approximate surface area is 77.8 Å². The minimum atomic E-state index is 0.498. The number of halogens is 1. The van der Waals surface area contributed by atoms with Crippen molar-refractivity contribution in [3.63, 3.8) is 0 Å². The second kappa shape index (κ2) is 5.09. The Morgan fingerprint density at radius 3 is 3.00 bits per heavy atom. The molecule has 0 saturated heterocycles. The maximum atomic E-state index is 5.49. The van der Waals surface area contributed by atoms with Gasteiger partial charge < -0.3 is 9.47 Å². The molecular weight excluding hydrogens is 176 g/mol. The molecule has 0 aromatic carbocycles. The molecule has 2 nitrogen and oxygen atoms in total. The van der Waals surface area contributed by atoms with E-state index in [1.54, 1.807) is 7.11 Å². The highest BCUT2D eigenvalue weighted by Gasteiger charge is 2.09. The summed E-state index contributed by atoms with van der Waals surface area (Å²) in [5.74, 6) is 2.06. The van der Waals surface area contributed by atoms with Crippen molar-refractivity contribution < 1.29 is 9.47 Å². The number of rotatable bonds is 4. The van der Waals surface area contributed by atoms with Crippen molar-refractivity contribution in [2.24, 2.45) is 0 Å². The third-order valence-electron chi connectivity index (χ3n) is 1.51. The van der Waals surface area contributed by atoms with Gasteiger partial charge in [-0.3, -0.25) is 0 Å². The first kappa shape index (κ1) is 9.46. The van der Waals surface area contributed by atoms with Gasteiger partial charge in [0.2, 0.25) is 0 Å². The van der Waals surface area contributed by atoms with Gasteiger partial charge in [-0.2, -0.15) is 0 Å². The van der Waals surface area contributed by atoms with Crippen LogP contribution in [-0.4, -0.2) is 19.6 Å². The maximum Gasteiger partial charge on any atom is 0.156 e. The summed E-state index contributed by atoms with van der Waals surface area (Å²) in [4.78, 5) is 0. The Morgan fingerprint density at radius 2 is 2.33 bits per heavy atom. The third kappa shape index (κ3) is 2.45. The lowest BCUT2D eigenvalue weighted by atomic mass is 10.1.